The van der Waals surface area contributed by atoms with Gasteiger partial charge in [-0.25, -0.2) is 19.7 Å². The zero-order chi connectivity index (χ0) is 24.6. The van der Waals surface area contributed by atoms with Crippen molar-refractivity contribution in [2.75, 3.05) is 50.0 Å². The number of carbonyl (C=O) groups excluding carboxylic acids is 1. The molecule has 0 aliphatic carbocycles. The standard InChI is InChI=1S/C23H31N9O3/c1-23(2,3)35-22(33)32-6-4-14(5-7-32)18-16-17(15-12-25-20(24)26-13-15)27-21(28-19(16)30-29-18)31-8-10-34-11-9-31/h12-14H,4-11H2,1-3H3,(H2,24,25,26)(H,27,28,29,30). The fourth-order valence-corrected chi connectivity index (χ4v) is 4.47. The summed E-state index contributed by atoms with van der Waals surface area (Å²) in [5, 5.41) is 8.64. The van der Waals surface area contributed by atoms with E-state index in [4.69, 9.17) is 25.2 Å². The van der Waals surface area contributed by atoms with Crippen LogP contribution in [-0.2, 0) is 9.47 Å². The Morgan fingerprint density at radius 2 is 1.80 bits per heavy atom. The highest BCUT2D eigenvalue weighted by Crippen LogP contribution is 2.36. The van der Waals surface area contributed by atoms with Crippen LogP contribution in [0.4, 0.5) is 16.7 Å². The molecule has 2 saturated heterocycles. The van der Waals surface area contributed by atoms with E-state index < -0.39 is 5.60 Å². The number of fused-ring (bicyclic) bond motifs is 1. The van der Waals surface area contributed by atoms with Crippen molar-refractivity contribution in [1.82, 2.24) is 35.0 Å². The fourth-order valence-electron chi connectivity index (χ4n) is 4.47. The number of hydrogen-bond acceptors (Lipinski definition) is 10. The number of likely N-dealkylation sites (tertiary alicyclic amines) is 1. The van der Waals surface area contributed by atoms with Crippen molar-refractivity contribution >= 4 is 29.0 Å². The molecule has 0 aromatic carbocycles. The van der Waals surface area contributed by atoms with Crippen LogP contribution in [0.2, 0.25) is 0 Å². The summed E-state index contributed by atoms with van der Waals surface area (Å²) in [6.45, 7) is 9.52. The molecule has 0 saturated carbocycles. The highest BCUT2D eigenvalue weighted by atomic mass is 16.6. The number of hydrogen-bond donors (Lipinski definition) is 2. The van der Waals surface area contributed by atoms with E-state index in [1.807, 2.05) is 20.8 Å². The summed E-state index contributed by atoms with van der Waals surface area (Å²) >= 11 is 0. The fraction of sp³-hybridized carbons (Fsp3) is 0.565. The minimum Gasteiger partial charge on any atom is -0.444 e. The van der Waals surface area contributed by atoms with Gasteiger partial charge in [0.05, 0.1) is 30.0 Å². The average molecular weight is 482 g/mol. The number of piperidine rings is 1. The van der Waals surface area contributed by atoms with E-state index in [0.29, 0.717) is 51.0 Å². The lowest BCUT2D eigenvalue weighted by Gasteiger charge is -2.33. The van der Waals surface area contributed by atoms with Gasteiger partial charge >= 0.3 is 6.09 Å². The first kappa shape index (κ1) is 23.2. The van der Waals surface area contributed by atoms with E-state index in [1.165, 1.54) is 0 Å². The molecule has 3 N–H and O–H groups in total. The van der Waals surface area contributed by atoms with Gasteiger partial charge in [0.2, 0.25) is 11.9 Å². The number of amides is 1. The number of anilines is 2. The molecule has 35 heavy (non-hydrogen) atoms. The van der Waals surface area contributed by atoms with Crippen LogP contribution in [0.1, 0.15) is 45.2 Å². The van der Waals surface area contributed by atoms with Crippen molar-refractivity contribution in [3.05, 3.63) is 18.1 Å². The van der Waals surface area contributed by atoms with Gasteiger partial charge < -0.3 is 25.0 Å². The molecule has 12 heteroatoms. The van der Waals surface area contributed by atoms with Gasteiger partial charge in [0, 0.05) is 50.1 Å². The van der Waals surface area contributed by atoms with Gasteiger partial charge in [0.25, 0.3) is 0 Å². The van der Waals surface area contributed by atoms with Gasteiger partial charge in [-0.15, -0.1) is 0 Å². The lowest BCUT2D eigenvalue weighted by atomic mass is 9.91. The summed E-state index contributed by atoms with van der Waals surface area (Å²) < 4.78 is 11.0. The second-order valence-corrected chi connectivity index (χ2v) is 9.88. The van der Waals surface area contributed by atoms with Gasteiger partial charge in [-0.3, -0.25) is 5.10 Å². The Morgan fingerprint density at radius 3 is 2.46 bits per heavy atom. The summed E-state index contributed by atoms with van der Waals surface area (Å²) in [5.41, 5.74) is 8.23. The van der Waals surface area contributed by atoms with Crippen molar-refractivity contribution < 1.29 is 14.3 Å². The maximum absolute atomic E-state index is 12.5. The van der Waals surface area contributed by atoms with Crippen molar-refractivity contribution in [3.8, 4) is 11.3 Å². The number of aromatic nitrogens is 6. The second kappa shape index (κ2) is 9.25. The van der Waals surface area contributed by atoms with Gasteiger partial charge in [-0.05, 0) is 33.6 Å². The number of nitrogens with two attached hydrogens (primary N) is 1. The smallest absolute Gasteiger partial charge is 0.410 e. The minimum atomic E-state index is -0.516. The normalized spacial score (nSPS) is 17.7. The molecule has 12 nitrogen and oxygen atoms in total. The number of H-pyrrole nitrogens is 1. The SMILES string of the molecule is CC(C)(C)OC(=O)N1CCC(c2n[nH]c3nc(N4CCOCC4)nc(-c4cnc(N)nc4)c23)CC1. The molecule has 2 fully saturated rings. The van der Waals surface area contributed by atoms with Crippen molar-refractivity contribution in [3.63, 3.8) is 0 Å². The highest BCUT2D eigenvalue weighted by Gasteiger charge is 2.31. The van der Waals surface area contributed by atoms with Gasteiger partial charge in [0.15, 0.2) is 5.65 Å². The van der Waals surface area contributed by atoms with E-state index in [1.54, 1.807) is 17.3 Å². The summed E-state index contributed by atoms with van der Waals surface area (Å²) in [7, 11) is 0. The molecule has 186 valence electrons. The Labute approximate surface area is 203 Å². The Balaban J connectivity index is 1.47. The number of carbonyl (C=O) groups is 1. The largest absolute Gasteiger partial charge is 0.444 e. The molecule has 1 amide bonds. The maximum atomic E-state index is 12.5. The maximum Gasteiger partial charge on any atom is 0.410 e. The van der Waals surface area contributed by atoms with Crippen LogP contribution < -0.4 is 10.6 Å². The quantitative estimate of drug-likeness (QED) is 0.571. The molecule has 0 spiro atoms. The molecule has 5 heterocycles. The Bertz CT molecular complexity index is 1190. The van der Waals surface area contributed by atoms with Crippen LogP contribution in [-0.4, -0.2) is 86.1 Å². The Morgan fingerprint density at radius 1 is 1.11 bits per heavy atom. The lowest BCUT2D eigenvalue weighted by molar-refractivity contribution is 0.0204. The predicted octanol–water partition coefficient (Wildman–Crippen LogP) is 2.34. The molecule has 0 unspecified atom stereocenters. The molecule has 3 aromatic heterocycles. The van der Waals surface area contributed by atoms with Gasteiger partial charge in [-0.2, -0.15) is 10.1 Å². The molecule has 5 rings (SSSR count). The lowest BCUT2D eigenvalue weighted by Crippen LogP contribution is -2.41. The third kappa shape index (κ3) is 4.97. The molecule has 0 radical (unpaired) electrons. The minimum absolute atomic E-state index is 0.147. The first-order chi connectivity index (χ1) is 16.8. The average Bonchev–Trinajstić information content (AvgIpc) is 3.28. The number of nitrogen functional groups attached to an aromatic ring is 1. The van der Waals surface area contributed by atoms with Crippen LogP contribution in [0.25, 0.3) is 22.3 Å². The van der Waals surface area contributed by atoms with Gasteiger partial charge in [0.1, 0.15) is 5.60 Å². The molecular formula is C23H31N9O3. The van der Waals surface area contributed by atoms with Crippen LogP contribution in [0.15, 0.2) is 12.4 Å². The van der Waals surface area contributed by atoms with Crippen LogP contribution in [0.3, 0.4) is 0 Å². The Hall–Kier alpha value is -3.54. The first-order valence-electron chi connectivity index (χ1n) is 11.9. The predicted molar refractivity (Wildman–Crippen MR) is 130 cm³/mol. The van der Waals surface area contributed by atoms with E-state index >= 15 is 0 Å². The molecule has 0 bridgehead atoms. The van der Waals surface area contributed by atoms with E-state index in [9.17, 15) is 4.79 Å². The number of nitrogens with zero attached hydrogens (tertiary/aromatic N) is 7. The summed E-state index contributed by atoms with van der Waals surface area (Å²) in [6.07, 6.45) is 4.61. The van der Waals surface area contributed by atoms with Gasteiger partial charge in [-0.1, -0.05) is 0 Å². The summed E-state index contributed by atoms with van der Waals surface area (Å²) in [4.78, 5) is 34.4. The van der Waals surface area contributed by atoms with Crippen molar-refractivity contribution in [2.45, 2.75) is 45.1 Å². The first-order valence-corrected chi connectivity index (χ1v) is 11.9. The van der Waals surface area contributed by atoms with Crippen molar-refractivity contribution in [2.24, 2.45) is 0 Å². The molecule has 3 aromatic rings. The number of morpholine rings is 1. The molecule has 2 aliphatic heterocycles. The number of aromatic amines is 1. The zero-order valence-electron chi connectivity index (χ0n) is 20.3. The number of nitrogens with one attached hydrogen (secondary N) is 1. The molecule has 0 atom stereocenters. The van der Waals surface area contributed by atoms with Crippen molar-refractivity contribution in [1.29, 1.82) is 0 Å². The van der Waals surface area contributed by atoms with E-state index in [-0.39, 0.29) is 18.0 Å². The highest BCUT2D eigenvalue weighted by molar-refractivity contribution is 5.93. The van der Waals surface area contributed by atoms with E-state index in [0.717, 1.165) is 35.2 Å². The van der Waals surface area contributed by atoms with E-state index in [2.05, 4.69) is 25.1 Å². The van der Waals surface area contributed by atoms with Crippen LogP contribution in [0.5, 0.6) is 0 Å². The summed E-state index contributed by atoms with van der Waals surface area (Å²) in [6, 6.07) is 0. The monoisotopic (exact) mass is 481 g/mol. The van der Waals surface area contributed by atoms with Crippen LogP contribution in [0, 0.1) is 0 Å². The topological polar surface area (TPSA) is 148 Å². The third-order valence-corrected chi connectivity index (χ3v) is 6.21. The number of ether oxygens (including phenoxy) is 2. The molecule has 2 aliphatic rings. The second-order valence-electron chi connectivity index (χ2n) is 9.88. The van der Waals surface area contributed by atoms with Crippen LogP contribution >= 0.6 is 0 Å². The third-order valence-electron chi connectivity index (χ3n) is 6.21. The number of rotatable bonds is 3. The Kier molecular flexibility index (Phi) is 6.13. The zero-order valence-corrected chi connectivity index (χ0v) is 20.3. The summed E-state index contributed by atoms with van der Waals surface area (Å²) in [5.74, 6) is 0.964. The molecular weight excluding hydrogens is 450 g/mol.